The SMILES string of the molecule is CCC(C#N)S(=O)(=O)N(CC)c1cccc(C)c1. The quantitative estimate of drug-likeness (QED) is 0.822. The molecular weight excluding hydrogens is 248 g/mol. The van der Waals surface area contributed by atoms with Gasteiger partial charge in [-0.1, -0.05) is 19.1 Å². The molecule has 0 fully saturated rings. The molecule has 0 aliphatic heterocycles. The van der Waals surface area contributed by atoms with Crippen molar-refractivity contribution in [1.29, 1.82) is 5.26 Å². The number of hydrogen-bond donors (Lipinski definition) is 0. The highest BCUT2D eigenvalue weighted by molar-refractivity contribution is 7.93. The fourth-order valence-electron chi connectivity index (χ4n) is 1.81. The molecule has 1 aromatic rings. The van der Waals surface area contributed by atoms with Gasteiger partial charge in [0.15, 0.2) is 5.25 Å². The first-order chi connectivity index (χ1) is 8.47. The zero-order chi connectivity index (χ0) is 13.8. The highest BCUT2D eigenvalue weighted by atomic mass is 32.2. The summed E-state index contributed by atoms with van der Waals surface area (Å²) in [6.07, 6.45) is 0.293. The summed E-state index contributed by atoms with van der Waals surface area (Å²) < 4.78 is 26.0. The minimum absolute atomic E-state index is 0.293. The first-order valence-corrected chi connectivity index (χ1v) is 7.45. The van der Waals surface area contributed by atoms with Gasteiger partial charge >= 0.3 is 0 Å². The van der Waals surface area contributed by atoms with E-state index in [0.717, 1.165) is 5.56 Å². The van der Waals surface area contributed by atoms with Gasteiger partial charge in [-0.2, -0.15) is 5.26 Å². The fraction of sp³-hybridized carbons (Fsp3) is 0.462. The number of nitriles is 1. The van der Waals surface area contributed by atoms with Crippen LogP contribution in [0.1, 0.15) is 25.8 Å². The van der Waals surface area contributed by atoms with Crippen molar-refractivity contribution >= 4 is 15.7 Å². The Morgan fingerprint density at radius 2 is 2.06 bits per heavy atom. The van der Waals surface area contributed by atoms with Gasteiger partial charge in [-0.25, -0.2) is 8.42 Å². The number of rotatable bonds is 5. The second-order valence-corrected chi connectivity index (χ2v) is 6.11. The number of anilines is 1. The van der Waals surface area contributed by atoms with E-state index in [0.29, 0.717) is 18.7 Å². The van der Waals surface area contributed by atoms with E-state index in [4.69, 9.17) is 5.26 Å². The van der Waals surface area contributed by atoms with Gasteiger partial charge < -0.3 is 0 Å². The van der Waals surface area contributed by atoms with Crippen molar-refractivity contribution < 1.29 is 8.42 Å². The molecule has 0 radical (unpaired) electrons. The van der Waals surface area contributed by atoms with E-state index < -0.39 is 15.3 Å². The molecule has 0 aliphatic rings. The van der Waals surface area contributed by atoms with Crippen molar-refractivity contribution in [2.75, 3.05) is 10.8 Å². The minimum atomic E-state index is -3.61. The predicted molar refractivity (Wildman–Crippen MR) is 72.8 cm³/mol. The van der Waals surface area contributed by atoms with E-state index in [9.17, 15) is 8.42 Å². The first kappa shape index (κ1) is 14.5. The monoisotopic (exact) mass is 266 g/mol. The van der Waals surface area contributed by atoms with E-state index >= 15 is 0 Å². The molecule has 98 valence electrons. The van der Waals surface area contributed by atoms with Crippen LogP contribution in [0.15, 0.2) is 24.3 Å². The standard InChI is InChI=1S/C13H18N2O2S/c1-4-13(10-14)18(16,17)15(5-2)12-8-6-7-11(3)9-12/h6-9,13H,4-5H2,1-3H3. The maximum absolute atomic E-state index is 12.3. The molecule has 0 amide bonds. The largest absolute Gasteiger partial charge is 0.269 e. The first-order valence-electron chi connectivity index (χ1n) is 5.95. The number of hydrogen-bond acceptors (Lipinski definition) is 3. The van der Waals surface area contributed by atoms with Crippen LogP contribution in [0.3, 0.4) is 0 Å². The van der Waals surface area contributed by atoms with Crippen molar-refractivity contribution in [2.24, 2.45) is 0 Å². The summed E-state index contributed by atoms with van der Waals surface area (Å²) in [5.41, 5.74) is 1.61. The second-order valence-electron chi connectivity index (χ2n) is 4.07. The van der Waals surface area contributed by atoms with E-state index in [2.05, 4.69) is 0 Å². The van der Waals surface area contributed by atoms with Crippen LogP contribution in [0.25, 0.3) is 0 Å². The van der Waals surface area contributed by atoms with Gasteiger partial charge in [0.2, 0.25) is 0 Å². The maximum atomic E-state index is 12.3. The van der Waals surface area contributed by atoms with Crippen LogP contribution in [0.4, 0.5) is 5.69 Å². The molecule has 0 saturated carbocycles. The van der Waals surface area contributed by atoms with Crippen LogP contribution in [0.2, 0.25) is 0 Å². The fourth-order valence-corrected chi connectivity index (χ4v) is 3.44. The molecule has 1 atom stereocenters. The van der Waals surface area contributed by atoms with Gasteiger partial charge in [-0.15, -0.1) is 0 Å². The Balaban J connectivity index is 3.23. The van der Waals surface area contributed by atoms with Crippen molar-refractivity contribution in [2.45, 2.75) is 32.4 Å². The molecule has 0 heterocycles. The van der Waals surface area contributed by atoms with Gasteiger partial charge in [0, 0.05) is 6.54 Å². The predicted octanol–water partition coefficient (Wildman–Crippen LogP) is 2.45. The Hall–Kier alpha value is -1.54. The van der Waals surface area contributed by atoms with Crippen LogP contribution in [-0.2, 0) is 10.0 Å². The third kappa shape index (κ3) is 2.82. The van der Waals surface area contributed by atoms with Crippen LogP contribution in [0.5, 0.6) is 0 Å². The summed E-state index contributed by atoms with van der Waals surface area (Å²) in [6.45, 7) is 5.70. The summed E-state index contributed by atoms with van der Waals surface area (Å²) in [5.74, 6) is 0. The number of sulfonamides is 1. The maximum Gasteiger partial charge on any atom is 0.251 e. The van der Waals surface area contributed by atoms with Gasteiger partial charge in [-0.3, -0.25) is 4.31 Å². The van der Waals surface area contributed by atoms with Gasteiger partial charge in [0.05, 0.1) is 11.8 Å². The minimum Gasteiger partial charge on any atom is -0.269 e. The van der Waals surface area contributed by atoms with Crippen LogP contribution in [-0.4, -0.2) is 20.2 Å². The molecule has 1 aromatic carbocycles. The molecule has 0 saturated heterocycles. The molecule has 0 aromatic heterocycles. The number of nitrogens with zero attached hydrogens (tertiary/aromatic N) is 2. The second kappa shape index (κ2) is 5.87. The smallest absolute Gasteiger partial charge is 0.251 e. The highest BCUT2D eigenvalue weighted by Crippen LogP contribution is 2.22. The Kier molecular flexibility index (Phi) is 4.74. The average molecular weight is 266 g/mol. The summed E-state index contributed by atoms with van der Waals surface area (Å²) in [5, 5.41) is 7.96. The third-order valence-electron chi connectivity index (χ3n) is 2.76. The lowest BCUT2D eigenvalue weighted by Crippen LogP contribution is -2.38. The number of benzene rings is 1. The summed E-state index contributed by atoms with van der Waals surface area (Å²) in [6, 6.07) is 9.14. The molecular formula is C13H18N2O2S. The lowest BCUT2D eigenvalue weighted by molar-refractivity contribution is 0.583. The molecule has 0 bridgehead atoms. The van der Waals surface area contributed by atoms with E-state index in [1.165, 1.54) is 4.31 Å². The molecule has 18 heavy (non-hydrogen) atoms. The van der Waals surface area contributed by atoms with Crippen LogP contribution >= 0.6 is 0 Å². The van der Waals surface area contributed by atoms with Gasteiger partial charge in [0.25, 0.3) is 10.0 Å². The molecule has 0 aliphatic carbocycles. The van der Waals surface area contributed by atoms with Gasteiger partial charge in [0.1, 0.15) is 0 Å². The zero-order valence-electron chi connectivity index (χ0n) is 10.9. The molecule has 1 rings (SSSR count). The van der Waals surface area contributed by atoms with Crippen LogP contribution in [0, 0.1) is 18.3 Å². The average Bonchev–Trinajstić information content (AvgIpc) is 2.30. The van der Waals surface area contributed by atoms with E-state index in [1.807, 2.05) is 31.2 Å². The zero-order valence-corrected chi connectivity index (χ0v) is 11.7. The normalized spacial score (nSPS) is 12.8. The van der Waals surface area contributed by atoms with E-state index in [-0.39, 0.29) is 0 Å². The van der Waals surface area contributed by atoms with Crippen molar-refractivity contribution in [3.05, 3.63) is 29.8 Å². The Bertz CT molecular complexity index is 546. The van der Waals surface area contributed by atoms with Crippen molar-refractivity contribution in [1.82, 2.24) is 0 Å². The van der Waals surface area contributed by atoms with Crippen molar-refractivity contribution in [3.8, 4) is 6.07 Å². The third-order valence-corrected chi connectivity index (χ3v) is 5.00. The lowest BCUT2D eigenvalue weighted by Gasteiger charge is -2.25. The molecule has 5 heteroatoms. The summed E-state index contributed by atoms with van der Waals surface area (Å²) in [4.78, 5) is 0. The Morgan fingerprint density at radius 1 is 1.39 bits per heavy atom. The lowest BCUT2D eigenvalue weighted by atomic mass is 10.2. The molecule has 1 unspecified atom stereocenters. The topological polar surface area (TPSA) is 61.2 Å². The Morgan fingerprint density at radius 3 is 2.50 bits per heavy atom. The summed E-state index contributed by atoms with van der Waals surface area (Å²) in [7, 11) is -3.61. The molecule has 0 spiro atoms. The Labute approximate surface area is 109 Å². The summed E-state index contributed by atoms with van der Waals surface area (Å²) >= 11 is 0. The van der Waals surface area contributed by atoms with Crippen LogP contribution < -0.4 is 4.31 Å². The van der Waals surface area contributed by atoms with Gasteiger partial charge in [-0.05, 0) is 38.0 Å². The molecule has 0 N–H and O–H groups in total. The highest BCUT2D eigenvalue weighted by Gasteiger charge is 2.30. The van der Waals surface area contributed by atoms with Crippen molar-refractivity contribution in [3.63, 3.8) is 0 Å². The molecule has 4 nitrogen and oxygen atoms in total. The van der Waals surface area contributed by atoms with E-state index in [1.54, 1.807) is 19.9 Å². The number of aryl methyl sites for hydroxylation is 1.